The number of Topliss-reactive ketones (excluding diaryl/α,β-unsaturated/α-hetero) is 1. The highest BCUT2D eigenvalue weighted by atomic mass is 32.1. The van der Waals surface area contributed by atoms with Crippen molar-refractivity contribution in [3.05, 3.63) is 62.6 Å². The van der Waals surface area contributed by atoms with Gasteiger partial charge in [-0.2, -0.15) is 5.26 Å². The predicted octanol–water partition coefficient (Wildman–Crippen LogP) is 2.49. The standard InChI is InChI=1S/C22H20N4O3S/c1-15(27)14-26-18-6-3-2-5-16(18)20(17(13-23)21(26)28)24-8-10-25(11-9-24)22(29)19-7-4-12-30-19/h2-7,12H,8-11,14H2,1H3. The topological polar surface area (TPSA) is 86.4 Å². The first kappa shape index (κ1) is 19.9. The molecule has 0 atom stereocenters. The van der Waals surface area contributed by atoms with Crippen molar-refractivity contribution in [1.82, 2.24) is 9.47 Å². The maximum absolute atomic E-state index is 13.0. The molecule has 3 aromatic rings. The van der Waals surface area contributed by atoms with Gasteiger partial charge in [-0.05, 0) is 24.4 Å². The van der Waals surface area contributed by atoms with Crippen LogP contribution in [0.5, 0.6) is 0 Å². The first-order valence-corrected chi connectivity index (χ1v) is 10.5. The molecule has 8 heteroatoms. The number of para-hydroxylation sites is 1. The number of carbonyl (C=O) groups excluding carboxylic acids is 2. The van der Waals surface area contributed by atoms with E-state index in [4.69, 9.17) is 0 Å². The Hall–Kier alpha value is -3.44. The molecule has 1 aliphatic rings. The summed E-state index contributed by atoms with van der Waals surface area (Å²) < 4.78 is 1.37. The Kier molecular flexibility index (Phi) is 5.38. The molecule has 0 unspecified atom stereocenters. The lowest BCUT2D eigenvalue weighted by Crippen LogP contribution is -2.49. The van der Waals surface area contributed by atoms with Crippen molar-refractivity contribution in [2.45, 2.75) is 13.5 Å². The second kappa shape index (κ2) is 8.13. The number of hydrogen-bond acceptors (Lipinski definition) is 6. The number of nitriles is 1. The maximum atomic E-state index is 13.0. The second-order valence-corrected chi connectivity index (χ2v) is 8.15. The number of carbonyl (C=O) groups is 2. The molecule has 4 rings (SSSR count). The molecule has 1 fully saturated rings. The summed E-state index contributed by atoms with van der Waals surface area (Å²) in [5.74, 6) is -0.147. The van der Waals surface area contributed by atoms with E-state index in [-0.39, 0.29) is 23.8 Å². The smallest absolute Gasteiger partial charge is 0.271 e. The summed E-state index contributed by atoms with van der Waals surface area (Å²) >= 11 is 1.42. The molecule has 0 aliphatic carbocycles. The fourth-order valence-corrected chi connectivity index (χ4v) is 4.58. The zero-order chi connectivity index (χ0) is 21.3. The van der Waals surface area contributed by atoms with Crippen LogP contribution in [0.15, 0.2) is 46.6 Å². The number of nitrogens with zero attached hydrogens (tertiary/aromatic N) is 4. The minimum atomic E-state index is -0.460. The summed E-state index contributed by atoms with van der Waals surface area (Å²) in [7, 11) is 0. The zero-order valence-corrected chi connectivity index (χ0v) is 17.3. The Morgan fingerprint density at radius 1 is 1.10 bits per heavy atom. The number of hydrogen-bond donors (Lipinski definition) is 0. The molecule has 152 valence electrons. The SMILES string of the molecule is CC(=O)Cn1c(=O)c(C#N)c(N2CCN(C(=O)c3cccs3)CC2)c2ccccc21. The van der Waals surface area contributed by atoms with Gasteiger partial charge in [0.2, 0.25) is 0 Å². The number of rotatable bonds is 4. The molecular formula is C22H20N4O3S. The molecule has 0 radical (unpaired) electrons. The molecule has 30 heavy (non-hydrogen) atoms. The lowest BCUT2D eigenvalue weighted by Gasteiger charge is -2.37. The summed E-state index contributed by atoms with van der Waals surface area (Å²) in [6.45, 7) is 3.40. The lowest BCUT2D eigenvalue weighted by molar-refractivity contribution is -0.117. The van der Waals surface area contributed by atoms with E-state index in [9.17, 15) is 19.6 Å². The van der Waals surface area contributed by atoms with Gasteiger partial charge in [-0.15, -0.1) is 11.3 Å². The first-order chi connectivity index (χ1) is 14.5. The minimum Gasteiger partial charge on any atom is -0.366 e. The Labute approximate surface area is 177 Å². The van der Waals surface area contributed by atoms with Crippen molar-refractivity contribution < 1.29 is 9.59 Å². The number of aromatic nitrogens is 1. The van der Waals surface area contributed by atoms with Crippen LogP contribution < -0.4 is 10.5 Å². The van der Waals surface area contributed by atoms with E-state index in [1.165, 1.54) is 22.8 Å². The van der Waals surface area contributed by atoms with Crippen molar-refractivity contribution in [3.8, 4) is 6.07 Å². The number of pyridine rings is 1. The molecule has 1 saturated heterocycles. The second-order valence-electron chi connectivity index (χ2n) is 7.20. The highest BCUT2D eigenvalue weighted by molar-refractivity contribution is 7.12. The van der Waals surface area contributed by atoms with E-state index in [0.717, 1.165) is 5.39 Å². The average molecular weight is 420 g/mol. The molecule has 3 heterocycles. The number of thiophene rings is 1. The maximum Gasteiger partial charge on any atom is 0.271 e. The molecule has 0 spiro atoms. The van der Waals surface area contributed by atoms with E-state index in [2.05, 4.69) is 6.07 Å². The number of anilines is 1. The number of fused-ring (bicyclic) bond motifs is 1. The third-order valence-corrected chi connectivity index (χ3v) is 6.11. The van der Waals surface area contributed by atoms with Gasteiger partial charge in [0.1, 0.15) is 17.4 Å². The molecule has 1 aromatic carbocycles. The lowest BCUT2D eigenvalue weighted by atomic mass is 10.1. The van der Waals surface area contributed by atoms with Gasteiger partial charge >= 0.3 is 0 Å². The number of piperazine rings is 1. The molecule has 0 bridgehead atoms. The van der Waals surface area contributed by atoms with Crippen LogP contribution in [-0.2, 0) is 11.3 Å². The van der Waals surface area contributed by atoms with Crippen LogP contribution in [-0.4, -0.2) is 47.3 Å². The molecule has 0 saturated carbocycles. The van der Waals surface area contributed by atoms with Crippen molar-refractivity contribution in [2.24, 2.45) is 0 Å². The van der Waals surface area contributed by atoms with Crippen LogP contribution in [0, 0.1) is 11.3 Å². The van der Waals surface area contributed by atoms with E-state index in [0.29, 0.717) is 42.3 Å². The normalized spacial score (nSPS) is 14.0. The fraction of sp³-hybridized carbons (Fsp3) is 0.273. The van der Waals surface area contributed by atoms with E-state index in [1.54, 1.807) is 11.0 Å². The van der Waals surface area contributed by atoms with Crippen molar-refractivity contribution in [2.75, 3.05) is 31.1 Å². The number of ketones is 1. The zero-order valence-electron chi connectivity index (χ0n) is 16.5. The van der Waals surface area contributed by atoms with Crippen LogP contribution in [0.3, 0.4) is 0 Å². The highest BCUT2D eigenvalue weighted by Crippen LogP contribution is 2.30. The van der Waals surface area contributed by atoms with Gasteiger partial charge in [-0.25, -0.2) is 0 Å². The number of amides is 1. The first-order valence-electron chi connectivity index (χ1n) is 9.64. The van der Waals surface area contributed by atoms with E-state index >= 15 is 0 Å². The third-order valence-electron chi connectivity index (χ3n) is 5.25. The minimum absolute atomic E-state index is 0.00638. The van der Waals surface area contributed by atoms with Crippen LogP contribution in [0.2, 0.25) is 0 Å². The van der Waals surface area contributed by atoms with Crippen molar-refractivity contribution in [3.63, 3.8) is 0 Å². The van der Waals surface area contributed by atoms with Gasteiger partial charge in [0.25, 0.3) is 11.5 Å². The van der Waals surface area contributed by atoms with Crippen molar-refractivity contribution >= 4 is 39.6 Å². The summed E-state index contributed by atoms with van der Waals surface area (Å²) in [6, 6.07) is 13.1. The Morgan fingerprint density at radius 2 is 1.83 bits per heavy atom. The monoisotopic (exact) mass is 420 g/mol. The highest BCUT2D eigenvalue weighted by Gasteiger charge is 2.27. The van der Waals surface area contributed by atoms with Crippen LogP contribution in [0.4, 0.5) is 5.69 Å². The molecule has 7 nitrogen and oxygen atoms in total. The summed E-state index contributed by atoms with van der Waals surface area (Å²) in [5.41, 5.74) is 0.788. The van der Waals surface area contributed by atoms with Crippen molar-refractivity contribution in [1.29, 1.82) is 5.26 Å². The van der Waals surface area contributed by atoms with Crippen LogP contribution in [0.1, 0.15) is 22.2 Å². The largest absolute Gasteiger partial charge is 0.366 e. The quantitative estimate of drug-likeness (QED) is 0.647. The van der Waals surface area contributed by atoms with Gasteiger partial charge in [0, 0.05) is 31.6 Å². The Balaban J connectivity index is 1.72. The molecule has 0 N–H and O–H groups in total. The molecular weight excluding hydrogens is 400 g/mol. The van der Waals surface area contributed by atoms with Crippen LogP contribution >= 0.6 is 11.3 Å². The fourth-order valence-electron chi connectivity index (χ4n) is 3.89. The van der Waals surface area contributed by atoms with E-state index in [1.807, 2.05) is 40.6 Å². The Bertz CT molecular complexity index is 1220. The van der Waals surface area contributed by atoms with Gasteiger partial charge in [0.15, 0.2) is 0 Å². The summed E-state index contributed by atoms with van der Waals surface area (Å²) in [6.07, 6.45) is 0. The van der Waals surface area contributed by atoms with Gasteiger partial charge < -0.3 is 9.80 Å². The average Bonchev–Trinajstić information content (AvgIpc) is 3.29. The molecule has 2 aromatic heterocycles. The number of benzene rings is 1. The third kappa shape index (κ3) is 3.48. The van der Waals surface area contributed by atoms with Crippen LogP contribution in [0.25, 0.3) is 10.9 Å². The molecule has 1 amide bonds. The van der Waals surface area contributed by atoms with Gasteiger partial charge in [0.05, 0.1) is 22.6 Å². The summed E-state index contributed by atoms with van der Waals surface area (Å²) in [4.78, 5) is 41.9. The van der Waals surface area contributed by atoms with Gasteiger partial charge in [-0.3, -0.25) is 19.0 Å². The summed E-state index contributed by atoms with van der Waals surface area (Å²) in [5, 5.41) is 12.4. The van der Waals surface area contributed by atoms with E-state index < -0.39 is 5.56 Å². The predicted molar refractivity (Wildman–Crippen MR) is 116 cm³/mol. The molecule has 1 aliphatic heterocycles. The van der Waals surface area contributed by atoms with Gasteiger partial charge in [-0.1, -0.05) is 24.3 Å². The Morgan fingerprint density at radius 3 is 2.47 bits per heavy atom.